The molecule has 134 valence electrons. The first-order valence-electron chi connectivity index (χ1n) is 7.81. The van der Waals surface area contributed by atoms with Gasteiger partial charge in [-0.25, -0.2) is 18.1 Å². The standard InChI is InChI=1S/C17H17N5O3S/c23-17(21-11-14-5-1-2-7-18-14)13-4-3-6-15(10-13)26(24,25)22-12-16-19-8-9-20-16/h1-10,22H,11-12H2,(H,19,20)(H,21,23). The summed E-state index contributed by atoms with van der Waals surface area (Å²) in [5.41, 5.74) is 0.964. The lowest BCUT2D eigenvalue weighted by atomic mass is 10.2. The molecular formula is C17H17N5O3S. The average Bonchev–Trinajstić information content (AvgIpc) is 3.19. The monoisotopic (exact) mass is 371 g/mol. The number of aromatic nitrogens is 3. The highest BCUT2D eigenvalue weighted by Crippen LogP contribution is 2.12. The van der Waals surface area contributed by atoms with Crippen molar-refractivity contribution in [2.75, 3.05) is 0 Å². The van der Waals surface area contributed by atoms with E-state index in [1.165, 1.54) is 24.4 Å². The Labute approximate surface area is 150 Å². The molecule has 26 heavy (non-hydrogen) atoms. The van der Waals surface area contributed by atoms with Gasteiger partial charge in [0.15, 0.2) is 0 Å². The van der Waals surface area contributed by atoms with Crippen molar-refractivity contribution in [2.45, 2.75) is 18.0 Å². The molecule has 0 aliphatic carbocycles. The first-order valence-corrected chi connectivity index (χ1v) is 9.29. The molecule has 3 N–H and O–H groups in total. The van der Waals surface area contributed by atoms with Crippen LogP contribution in [0, 0.1) is 0 Å². The molecule has 0 bridgehead atoms. The summed E-state index contributed by atoms with van der Waals surface area (Å²) in [5.74, 6) is 0.122. The van der Waals surface area contributed by atoms with Crippen molar-refractivity contribution in [2.24, 2.45) is 0 Å². The summed E-state index contributed by atoms with van der Waals surface area (Å²) in [5, 5.41) is 2.72. The van der Waals surface area contributed by atoms with E-state index in [4.69, 9.17) is 0 Å². The molecule has 2 aromatic heterocycles. The van der Waals surface area contributed by atoms with Crippen LogP contribution in [-0.4, -0.2) is 29.3 Å². The van der Waals surface area contributed by atoms with Crippen molar-refractivity contribution in [3.63, 3.8) is 0 Å². The van der Waals surface area contributed by atoms with Crippen LogP contribution in [0.15, 0.2) is 66.0 Å². The summed E-state index contributed by atoms with van der Waals surface area (Å²) in [6.07, 6.45) is 4.78. The number of imidazole rings is 1. The van der Waals surface area contributed by atoms with Gasteiger partial charge in [-0.2, -0.15) is 0 Å². The molecule has 0 aliphatic rings. The lowest BCUT2D eigenvalue weighted by Crippen LogP contribution is -2.26. The lowest BCUT2D eigenvalue weighted by Gasteiger charge is -2.08. The van der Waals surface area contributed by atoms with E-state index >= 15 is 0 Å². The Morgan fingerprint density at radius 1 is 1.04 bits per heavy atom. The second-order valence-electron chi connectivity index (χ2n) is 5.39. The molecule has 0 unspecified atom stereocenters. The van der Waals surface area contributed by atoms with Crippen LogP contribution in [0.1, 0.15) is 21.9 Å². The molecule has 0 atom stereocenters. The van der Waals surface area contributed by atoms with E-state index in [1.54, 1.807) is 30.6 Å². The Balaban J connectivity index is 1.67. The van der Waals surface area contributed by atoms with Gasteiger partial charge in [-0.1, -0.05) is 12.1 Å². The van der Waals surface area contributed by atoms with E-state index in [0.717, 1.165) is 0 Å². The lowest BCUT2D eigenvalue weighted by molar-refractivity contribution is 0.0950. The van der Waals surface area contributed by atoms with Crippen molar-refractivity contribution in [1.29, 1.82) is 0 Å². The van der Waals surface area contributed by atoms with Crippen LogP contribution >= 0.6 is 0 Å². The largest absolute Gasteiger partial charge is 0.347 e. The number of hydrogen-bond donors (Lipinski definition) is 3. The van der Waals surface area contributed by atoms with Crippen LogP contribution in [0.5, 0.6) is 0 Å². The van der Waals surface area contributed by atoms with Crippen LogP contribution in [0.3, 0.4) is 0 Å². The molecule has 0 saturated carbocycles. The number of nitrogens with one attached hydrogen (secondary N) is 3. The number of carbonyl (C=O) groups excluding carboxylic acids is 1. The Morgan fingerprint density at radius 2 is 1.92 bits per heavy atom. The van der Waals surface area contributed by atoms with E-state index < -0.39 is 10.0 Å². The Hall–Kier alpha value is -3.04. The highest BCUT2D eigenvalue weighted by atomic mass is 32.2. The van der Waals surface area contributed by atoms with Gasteiger partial charge in [-0.15, -0.1) is 0 Å². The zero-order valence-corrected chi connectivity index (χ0v) is 14.5. The van der Waals surface area contributed by atoms with Gasteiger partial charge in [0, 0.05) is 24.2 Å². The maximum Gasteiger partial charge on any atom is 0.251 e. The van der Waals surface area contributed by atoms with Crippen molar-refractivity contribution < 1.29 is 13.2 Å². The fourth-order valence-electron chi connectivity index (χ4n) is 2.22. The van der Waals surface area contributed by atoms with Crippen LogP contribution in [0.25, 0.3) is 0 Å². The number of rotatable bonds is 7. The molecule has 9 heteroatoms. The van der Waals surface area contributed by atoms with Crippen molar-refractivity contribution in [3.05, 3.63) is 78.1 Å². The molecule has 1 amide bonds. The molecule has 2 heterocycles. The molecule has 1 aromatic carbocycles. The summed E-state index contributed by atoms with van der Waals surface area (Å²) in [6, 6.07) is 11.2. The summed E-state index contributed by atoms with van der Waals surface area (Å²) >= 11 is 0. The quantitative estimate of drug-likeness (QED) is 0.577. The van der Waals surface area contributed by atoms with Gasteiger partial charge in [-0.3, -0.25) is 9.78 Å². The van der Waals surface area contributed by atoms with Crippen molar-refractivity contribution in [3.8, 4) is 0 Å². The molecular weight excluding hydrogens is 354 g/mol. The molecule has 0 radical (unpaired) electrons. The first kappa shape index (κ1) is 17.8. The summed E-state index contributed by atoms with van der Waals surface area (Å²) in [4.78, 5) is 23.2. The summed E-state index contributed by atoms with van der Waals surface area (Å²) in [6.45, 7) is 0.291. The van der Waals surface area contributed by atoms with Gasteiger partial charge in [0.25, 0.3) is 5.91 Å². The van der Waals surface area contributed by atoms with E-state index in [0.29, 0.717) is 11.5 Å². The van der Waals surface area contributed by atoms with Gasteiger partial charge in [0.2, 0.25) is 10.0 Å². The third kappa shape index (κ3) is 4.52. The number of pyridine rings is 1. The third-order valence-electron chi connectivity index (χ3n) is 3.55. The predicted molar refractivity (Wildman–Crippen MR) is 94.5 cm³/mol. The molecule has 0 spiro atoms. The van der Waals surface area contributed by atoms with Crippen LogP contribution in [0.4, 0.5) is 0 Å². The van der Waals surface area contributed by atoms with Gasteiger partial charge in [0.05, 0.1) is 23.7 Å². The Morgan fingerprint density at radius 3 is 2.65 bits per heavy atom. The van der Waals surface area contributed by atoms with Crippen molar-refractivity contribution in [1.82, 2.24) is 25.0 Å². The molecule has 0 saturated heterocycles. The molecule has 0 aliphatic heterocycles. The van der Waals surface area contributed by atoms with Gasteiger partial charge in [0.1, 0.15) is 5.82 Å². The SMILES string of the molecule is O=C(NCc1ccccn1)c1cccc(S(=O)(=O)NCc2ncc[nH]2)c1. The zero-order chi connectivity index (χ0) is 18.4. The topological polar surface area (TPSA) is 117 Å². The highest BCUT2D eigenvalue weighted by molar-refractivity contribution is 7.89. The van der Waals surface area contributed by atoms with Crippen LogP contribution in [0.2, 0.25) is 0 Å². The molecule has 3 aromatic rings. The van der Waals surface area contributed by atoms with Crippen molar-refractivity contribution >= 4 is 15.9 Å². The third-order valence-corrected chi connectivity index (χ3v) is 4.95. The van der Waals surface area contributed by atoms with E-state index in [2.05, 4.69) is 25.0 Å². The Kier molecular flexibility index (Phi) is 5.40. The number of aromatic amines is 1. The molecule has 0 fully saturated rings. The van der Waals surface area contributed by atoms with E-state index in [-0.39, 0.29) is 29.5 Å². The van der Waals surface area contributed by atoms with E-state index in [9.17, 15) is 13.2 Å². The summed E-state index contributed by atoms with van der Waals surface area (Å²) in [7, 11) is -3.76. The van der Waals surface area contributed by atoms with Gasteiger partial charge < -0.3 is 10.3 Å². The highest BCUT2D eigenvalue weighted by Gasteiger charge is 2.16. The second-order valence-corrected chi connectivity index (χ2v) is 7.16. The number of hydrogen-bond acceptors (Lipinski definition) is 5. The van der Waals surface area contributed by atoms with Crippen LogP contribution in [-0.2, 0) is 23.1 Å². The first-order chi connectivity index (χ1) is 12.5. The minimum atomic E-state index is -3.76. The fourth-order valence-corrected chi connectivity index (χ4v) is 3.25. The zero-order valence-electron chi connectivity index (χ0n) is 13.7. The maximum atomic E-state index is 12.4. The summed E-state index contributed by atoms with van der Waals surface area (Å²) < 4.78 is 27.2. The number of H-pyrrole nitrogens is 1. The smallest absolute Gasteiger partial charge is 0.251 e. The normalized spacial score (nSPS) is 11.2. The predicted octanol–water partition coefficient (Wildman–Crippen LogP) is 1.21. The van der Waals surface area contributed by atoms with Crippen LogP contribution < -0.4 is 10.0 Å². The molecule has 3 rings (SSSR count). The second kappa shape index (κ2) is 7.89. The molecule has 8 nitrogen and oxygen atoms in total. The number of nitrogens with zero attached hydrogens (tertiary/aromatic N) is 2. The van der Waals surface area contributed by atoms with Gasteiger partial charge in [-0.05, 0) is 30.3 Å². The minimum Gasteiger partial charge on any atom is -0.347 e. The Bertz CT molecular complexity index is 973. The average molecular weight is 371 g/mol. The number of sulfonamides is 1. The minimum absolute atomic E-state index is 0.00884. The number of benzene rings is 1. The number of carbonyl (C=O) groups is 1. The van der Waals surface area contributed by atoms with Gasteiger partial charge >= 0.3 is 0 Å². The van der Waals surface area contributed by atoms with E-state index in [1.807, 2.05) is 6.07 Å². The number of amides is 1. The fraction of sp³-hybridized carbons (Fsp3) is 0.118. The maximum absolute atomic E-state index is 12.4.